The van der Waals surface area contributed by atoms with Crippen LogP contribution in [0, 0.1) is 0 Å². The molecule has 0 aliphatic carbocycles. The number of alkyl halides is 3. The Morgan fingerprint density at radius 1 is 1.05 bits per heavy atom. The molecule has 0 spiro atoms. The number of morpholine rings is 1. The van der Waals surface area contributed by atoms with E-state index in [9.17, 15) is 27.9 Å². The van der Waals surface area contributed by atoms with Crippen LogP contribution in [0.15, 0.2) is 41.4 Å². The number of rotatable bonds is 5. The molecule has 2 saturated heterocycles. The topological polar surface area (TPSA) is 115 Å². The number of nitrogens with zero attached hydrogens (tertiary/aromatic N) is 2. The minimum atomic E-state index is -4.84. The molecule has 4 N–H and O–H groups in total. The Kier molecular flexibility index (Phi) is 7.42. The van der Waals surface area contributed by atoms with Crippen LogP contribution in [0.2, 0.25) is 0 Å². The zero-order valence-electron chi connectivity index (χ0n) is 20.4. The quantitative estimate of drug-likeness (QED) is 0.480. The molecule has 2 fully saturated rings. The lowest BCUT2D eigenvalue weighted by atomic mass is 9.93. The Morgan fingerprint density at radius 2 is 1.73 bits per heavy atom. The second-order valence-corrected chi connectivity index (χ2v) is 9.19. The van der Waals surface area contributed by atoms with Crippen molar-refractivity contribution in [3.05, 3.63) is 58.7 Å². The van der Waals surface area contributed by atoms with Gasteiger partial charge in [-0.2, -0.15) is 18.2 Å². The number of benzene rings is 2. The molecule has 2 aromatic carbocycles. The minimum absolute atomic E-state index is 0.148. The molecule has 0 aromatic heterocycles. The first-order chi connectivity index (χ1) is 17.4. The van der Waals surface area contributed by atoms with E-state index in [2.05, 4.69) is 20.9 Å². The van der Waals surface area contributed by atoms with E-state index in [0.717, 1.165) is 6.07 Å². The van der Waals surface area contributed by atoms with E-state index in [1.165, 1.54) is 49.1 Å². The van der Waals surface area contributed by atoms with Crippen molar-refractivity contribution in [2.45, 2.75) is 25.6 Å². The highest BCUT2D eigenvalue weighted by molar-refractivity contribution is 6.03. The molecule has 37 heavy (non-hydrogen) atoms. The summed E-state index contributed by atoms with van der Waals surface area (Å²) >= 11 is 0. The van der Waals surface area contributed by atoms with Crippen molar-refractivity contribution in [1.82, 2.24) is 15.5 Å². The number of anilines is 2. The molecule has 0 saturated carbocycles. The van der Waals surface area contributed by atoms with Crippen molar-refractivity contribution in [2.75, 3.05) is 44.7 Å². The summed E-state index contributed by atoms with van der Waals surface area (Å²) in [4.78, 5) is 30.9. The number of aliphatic hydroxyl groups is 1. The van der Waals surface area contributed by atoms with Gasteiger partial charge in [-0.05, 0) is 44.2 Å². The van der Waals surface area contributed by atoms with Gasteiger partial charge in [-0.25, -0.2) is 0 Å². The first-order valence-electron chi connectivity index (χ1n) is 11.8. The van der Waals surface area contributed by atoms with E-state index >= 15 is 0 Å². The number of guanidine groups is 1. The molecule has 198 valence electrons. The summed E-state index contributed by atoms with van der Waals surface area (Å²) in [5.74, 6) is -0.993. The third-order valence-corrected chi connectivity index (χ3v) is 5.99. The lowest BCUT2D eigenvalue weighted by Crippen LogP contribution is -2.41. The predicted octanol–water partition coefficient (Wildman–Crippen LogP) is 2.84. The summed E-state index contributed by atoms with van der Waals surface area (Å²) in [5, 5.41) is 19.4. The predicted molar refractivity (Wildman–Crippen MR) is 131 cm³/mol. The van der Waals surface area contributed by atoms with Gasteiger partial charge in [0.05, 0.1) is 35.6 Å². The molecule has 0 radical (unpaired) electrons. The maximum atomic E-state index is 14.3. The van der Waals surface area contributed by atoms with Crippen molar-refractivity contribution in [1.29, 1.82) is 0 Å². The number of ether oxygens (including phenoxy) is 1. The molecule has 2 aliphatic heterocycles. The smallest absolute Gasteiger partial charge is 0.386 e. The Labute approximate surface area is 211 Å². The monoisotopic (exact) mass is 519 g/mol. The summed E-state index contributed by atoms with van der Waals surface area (Å²) in [7, 11) is 0. The molecule has 0 atom stereocenters. The highest BCUT2D eigenvalue weighted by Gasteiger charge is 2.39. The number of hydrogen-bond donors (Lipinski definition) is 4. The number of amides is 2. The molecule has 9 nitrogen and oxygen atoms in total. The van der Waals surface area contributed by atoms with E-state index in [-0.39, 0.29) is 48.8 Å². The maximum Gasteiger partial charge on any atom is 0.419 e. The van der Waals surface area contributed by atoms with Crippen molar-refractivity contribution in [3.8, 4) is 0 Å². The number of aliphatic imine (C=N–C) groups is 1. The van der Waals surface area contributed by atoms with Gasteiger partial charge in [0.1, 0.15) is 0 Å². The molecule has 2 amide bonds. The average Bonchev–Trinajstić information content (AvgIpc) is 3.36. The van der Waals surface area contributed by atoms with Gasteiger partial charge >= 0.3 is 6.18 Å². The van der Waals surface area contributed by atoms with Crippen LogP contribution in [-0.4, -0.2) is 67.2 Å². The second kappa shape index (κ2) is 10.4. The Balaban J connectivity index is 1.72. The zero-order chi connectivity index (χ0) is 26.8. The fraction of sp³-hybridized carbons (Fsp3) is 0.400. The maximum absolute atomic E-state index is 14.3. The van der Waals surface area contributed by atoms with Crippen molar-refractivity contribution in [2.24, 2.45) is 4.99 Å². The van der Waals surface area contributed by atoms with E-state index < -0.39 is 34.7 Å². The normalized spacial score (nSPS) is 16.2. The Morgan fingerprint density at radius 3 is 2.35 bits per heavy atom. The molecular weight excluding hydrogens is 491 g/mol. The van der Waals surface area contributed by atoms with Gasteiger partial charge in [0.15, 0.2) is 5.96 Å². The highest BCUT2D eigenvalue weighted by atomic mass is 19.4. The van der Waals surface area contributed by atoms with Crippen LogP contribution < -0.4 is 16.0 Å². The number of nitrogens with one attached hydrogen (secondary N) is 3. The van der Waals surface area contributed by atoms with Gasteiger partial charge in [0, 0.05) is 43.0 Å². The van der Waals surface area contributed by atoms with Crippen LogP contribution in [0.5, 0.6) is 0 Å². The van der Waals surface area contributed by atoms with Crippen molar-refractivity contribution < 1.29 is 32.6 Å². The van der Waals surface area contributed by atoms with Crippen LogP contribution >= 0.6 is 0 Å². The molecular formula is C25H28F3N5O4. The number of carbonyl (C=O) groups excluding carboxylic acids is 2. The molecule has 0 unspecified atom stereocenters. The third kappa shape index (κ3) is 6.03. The van der Waals surface area contributed by atoms with E-state index in [1.54, 1.807) is 0 Å². The molecule has 12 heteroatoms. The SMILES string of the molecule is CC(C)(O)c1cc(C(=O)N=C2NCCN2)ccc1Nc1cccc(C(=O)N2CCOCC2)c1C(F)(F)F. The summed E-state index contributed by atoms with van der Waals surface area (Å²) in [6, 6.07) is 7.94. The number of halogens is 3. The first kappa shape index (κ1) is 26.4. The molecule has 2 aliphatic rings. The average molecular weight is 520 g/mol. The van der Waals surface area contributed by atoms with Gasteiger partial charge in [0.25, 0.3) is 11.8 Å². The van der Waals surface area contributed by atoms with Crippen LogP contribution in [0.3, 0.4) is 0 Å². The van der Waals surface area contributed by atoms with Crippen LogP contribution in [0.25, 0.3) is 0 Å². The Hall–Kier alpha value is -3.64. The van der Waals surface area contributed by atoms with E-state index in [1.807, 2.05) is 0 Å². The highest BCUT2D eigenvalue weighted by Crippen LogP contribution is 2.40. The van der Waals surface area contributed by atoms with Crippen molar-refractivity contribution in [3.63, 3.8) is 0 Å². The van der Waals surface area contributed by atoms with Crippen LogP contribution in [-0.2, 0) is 16.5 Å². The number of hydrogen-bond acceptors (Lipinski definition) is 5. The fourth-order valence-electron chi connectivity index (χ4n) is 4.18. The molecule has 2 heterocycles. The van der Waals surface area contributed by atoms with Gasteiger partial charge in [-0.1, -0.05) is 6.07 Å². The van der Waals surface area contributed by atoms with Gasteiger partial charge in [-0.3, -0.25) is 9.59 Å². The standard InChI is InChI=1S/C25H28F3N5O4/c1-24(2,36)17-14-15(21(34)32-23-29-8-9-30-23)6-7-18(17)31-19-5-3-4-16(20(19)25(26,27)28)22(35)33-10-12-37-13-11-33/h3-7,14,31,36H,8-13H2,1-2H3,(H2,29,30,32,34). The van der Waals surface area contributed by atoms with E-state index in [0.29, 0.717) is 19.0 Å². The van der Waals surface area contributed by atoms with Gasteiger partial charge < -0.3 is 30.7 Å². The Bertz CT molecular complexity index is 1210. The van der Waals surface area contributed by atoms with Crippen LogP contribution in [0.4, 0.5) is 24.5 Å². The second-order valence-electron chi connectivity index (χ2n) is 9.19. The molecule has 2 aromatic rings. The molecule has 4 rings (SSSR count). The largest absolute Gasteiger partial charge is 0.419 e. The number of carbonyl (C=O) groups is 2. The lowest BCUT2D eigenvalue weighted by molar-refractivity contribution is -0.137. The summed E-state index contributed by atoms with van der Waals surface area (Å²) in [5.41, 5.74) is -2.98. The lowest BCUT2D eigenvalue weighted by Gasteiger charge is -2.29. The van der Waals surface area contributed by atoms with Crippen molar-refractivity contribution >= 4 is 29.1 Å². The summed E-state index contributed by atoms with van der Waals surface area (Å²) in [6.45, 7) is 5.05. The fourth-order valence-corrected chi connectivity index (χ4v) is 4.18. The van der Waals surface area contributed by atoms with Gasteiger partial charge in [0.2, 0.25) is 0 Å². The minimum Gasteiger partial charge on any atom is -0.386 e. The first-order valence-corrected chi connectivity index (χ1v) is 11.8. The van der Waals surface area contributed by atoms with E-state index in [4.69, 9.17) is 4.74 Å². The van der Waals surface area contributed by atoms with Gasteiger partial charge in [-0.15, -0.1) is 0 Å². The zero-order valence-corrected chi connectivity index (χ0v) is 20.4. The molecule has 0 bridgehead atoms. The van der Waals surface area contributed by atoms with Crippen LogP contribution in [0.1, 0.15) is 45.7 Å². The summed E-state index contributed by atoms with van der Waals surface area (Å²) in [6.07, 6.45) is -4.84. The third-order valence-electron chi connectivity index (χ3n) is 5.99. The summed E-state index contributed by atoms with van der Waals surface area (Å²) < 4.78 is 48.0.